The van der Waals surface area contributed by atoms with Gasteiger partial charge in [0, 0.05) is 23.9 Å². The fraction of sp³-hybridized carbons (Fsp3) is 0.476. The van der Waals surface area contributed by atoms with Crippen LogP contribution in [0.1, 0.15) is 43.9 Å². The van der Waals surface area contributed by atoms with Crippen molar-refractivity contribution in [3.05, 3.63) is 66.0 Å². The van der Waals surface area contributed by atoms with Crippen LogP contribution in [0.15, 0.2) is 54.7 Å². The summed E-state index contributed by atoms with van der Waals surface area (Å²) in [4.78, 5) is 4.60. The van der Waals surface area contributed by atoms with Gasteiger partial charge in [-0.15, -0.1) is 0 Å². The molecule has 3 heteroatoms. The Balaban J connectivity index is 1.67. The van der Waals surface area contributed by atoms with E-state index in [0.29, 0.717) is 12.5 Å². The van der Waals surface area contributed by atoms with Crippen molar-refractivity contribution >= 4 is 0 Å². The molecule has 1 saturated carbocycles. The van der Waals surface area contributed by atoms with Gasteiger partial charge in [0.15, 0.2) is 0 Å². The zero-order chi connectivity index (χ0) is 16.8. The second-order valence-corrected chi connectivity index (χ2v) is 7.03. The molecule has 0 spiro atoms. The summed E-state index contributed by atoms with van der Waals surface area (Å²) in [5, 5.41) is 9.53. The molecule has 0 radical (unpaired) electrons. The Morgan fingerprint density at radius 1 is 1.17 bits per heavy atom. The van der Waals surface area contributed by atoms with Gasteiger partial charge in [0.2, 0.25) is 0 Å². The molecule has 0 saturated heterocycles. The number of pyridine rings is 1. The Labute approximate surface area is 144 Å². The van der Waals surface area contributed by atoms with Crippen LogP contribution >= 0.6 is 0 Å². The van der Waals surface area contributed by atoms with Crippen LogP contribution < -0.4 is 0 Å². The maximum atomic E-state index is 9.53. The molecule has 1 aliphatic rings. The number of hydrogen-bond donors (Lipinski definition) is 1. The normalized spacial score (nSPS) is 27.1. The summed E-state index contributed by atoms with van der Waals surface area (Å²) in [6, 6.07) is 16.5. The van der Waals surface area contributed by atoms with E-state index in [2.05, 4.69) is 36.2 Å². The number of aliphatic hydroxyl groups excluding tert-OH is 1. The molecule has 24 heavy (non-hydrogen) atoms. The first-order valence-electron chi connectivity index (χ1n) is 8.90. The number of aromatic nitrogens is 1. The van der Waals surface area contributed by atoms with E-state index in [1.54, 1.807) is 0 Å². The summed E-state index contributed by atoms with van der Waals surface area (Å²) in [6.07, 6.45) is 6.02. The van der Waals surface area contributed by atoms with E-state index in [-0.39, 0.29) is 18.1 Å². The van der Waals surface area contributed by atoms with Crippen LogP contribution in [-0.2, 0) is 16.8 Å². The molecule has 1 heterocycles. The van der Waals surface area contributed by atoms with Crippen LogP contribution in [0.4, 0.5) is 0 Å². The van der Waals surface area contributed by atoms with Gasteiger partial charge in [-0.05, 0) is 49.3 Å². The molecule has 0 bridgehead atoms. The Morgan fingerprint density at radius 3 is 2.67 bits per heavy atom. The van der Waals surface area contributed by atoms with Crippen molar-refractivity contribution in [2.24, 2.45) is 5.92 Å². The Bertz CT molecular complexity index is 616. The van der Waals surface area contributed by atoms with Gasteiger partial charge in [0.25, 0.3) is 0 Å². The van der Waals surface area contributed by atoms with Crippen molar-refractivity contribution in [2.75, 3.05) is 6.61 Å². The van der Waals surface area contributed by atoms with Crippen molar-refractivity contribution < 1.29 is 9.84 Å². The third kappa shape index (κ3) is 3.85. The number of benzene rings is 1. The van der Waals surface area contributed by atoms with Crippen LogP contribution in [-0.4, -0.2) is 22.8 Å². The minimum Gasteiger partial charge on any atom is -0.396 e. The third-order valence-electron chi connectivity index (χ3n) is 5.49. The van der Waals surface area contributed by atoms with Crippen LogP contribution in [0.25, 0.3) is 0 Å². The van der Waals surface area contributed by atoms with Crippen molar-refractivity contribution in [1.29, 1.82) is 0 Å². The highest BCUT2D eigenvalue weighted by Gasteiger charge is 2.42. The minimum absolute atomic E-state index is 0.0244. The molecular weight excluding hydrogens is 298 g/mol. The van der Waals surface area contributed by atoms with E-state index in [1.807, 2.05) is 30.5 Å². The molecule has 1 aliphatic carbocycles. The van der Waals surface area contributed by atoms with Crippen LogP contribution in [0.5, 0.6) is 0 Å². The summed E-state index contributed by atoms with van der Waals surface area (Å²) in [7, 11) is 0. The van der Waals surface area contributed by atoms with Crippen molar-refractivity contribution in [2.45, 2.75) is 50.7 Å². The van der Waals surface area contributed by atoms with E-state index in [0.717, 1.165) is 31.4 Å². The maximum Gasteiger partial charge on any atom is 0.0720 e. The molecule has 1 aromatic heterocycles. The lowest BCUT2D eigenvalue weighted by molar-refractivity contribution is -0.0241. The molecule has 1 N–H and O–H groups in total. The predicted octanol–water partition coefficient (Wildman–Crippen LogP) is 4.11. The molecule has 3 atom stereocenters. The number of nitrogens with zero attached hydrogens (tertiary/aromatic N) is 1. The van der Waals surface area contributed by atoms with Crippen LogP contribution in [0, 0.1) is 5.92 Å². The lowest BCUT2D eigenvalue weighted by Crippen LogP contribution is -2.41. The highest BCUT2D eigenvalue weighted by molar-refractivity contribution is 5.19. The fourth-order valence-electron chi connectivity index (χ4n) is 3.93. The molecule has 1 aromatic carbocycles. The van der Waals surface area contributed by atoms with Gasteiger partial charge in [0.1, 0.15) is 0 Å². The standard InChI is InChI=1S/C21H27NO2/c1-21(20-9-5-6-13-22-20)12-10-19(15-18(21)11-14-23)24-16-17-7-3-2-4-8-17/h2-9,13,18-19,23H,10-12,14-16H2,1H3/t18-,19-,21-/m0/s1. The Morgan fingerprint density at radius 2 is 1.96 bits per heavy atom. The van der Waals surface area contributed by atoms with Gasteiger partial charge in [-0.25, -0.2) is 0 Å². The molecular formula is C21H27NO2. The number of ether oxygens (including phenoxy) is 1. The molecule has 1 fully saturated rings. The SMILES string of the molecule is C[C@]1(c2ccccn2)CC[C@H](OCc2ccccc2)C[C@@H]1CCO. The lowest BCUT2D eigenvalue weighted by atomic mass is 9.63. The van der Waals surface area contributed by atoms with Gasteiger partial charge in [-0.1, -0.05) is 43.3 Å². The summed E-state index contributed by atoms with van der Waals surface area (Å²) in [5.41, 5.74) is 2.38. The minimum atomic E-state index is 0.0244. The van der Waals surface area contributed by atoms with Gasteiger partial charge in [0.05, 0.1) is 12.7 Å². The van der Waals surface area contributed by atoms with Crippen molar-refractivity contribution in [3.63, 3.8) is 0 Å². The molecule has 3 rings (SSSR count). The zero-order valence-corrected chi connectivity index (χ0v) is 14.4. The van der Waals surface area contributed by atoms with Crippen molar-refractivity contribution in [1.82, 2.24) is 4.98 Å². The largest absolute Gasteiger partial charge is 0.396 e. The first-order valence-corrected chi connectivity index (χ1v) is 8.90. The first-order chi connectivity index (χ1) is 11.7. The molecule has 0 amide bonds. The molecule has 128 valence electrons. The van der Waals surface area contributed by atoms with E-state index < -0.39 is 0 Å². The number of hydrogen-bond acceptors (Lipinski definition) is 3. The van der Waals surface area contributed by atoms with E-state index in [4.69, 9.17) is 4.74 Å². The topological polar surface area (TPSA) is 42.4 Å². The Kier molecular flexibility index (Phi) is 5.64. The van der Waals surface area contributed by atoms with Gasteiger partial charge in [-0.3, -0.25) is 4.98 Å². The van der Waals surface area contributed by atoms with E-state index in [1.165, 1.54) is 5.56 Å². The average Bonchev–Trinajstić information content (AvgIpc) is 2.64. The highest BCUT2D eigenvalue weighted by atomic mass is 16.5. The molecule has 2 aromatic rings. The van der Waals surface area contributed by atoms with Crippen molar-refractivity contribution in [3.8, 4) is 0 Å². The third-order valence-corrected chi connectivity index (χ3v) is 5.49. The van der Waals surface area contributed by atoms with Gasteiger partial charge >= 0.3 is 0 Å². The molecule has 0 aliphatic heterocycles. The van der Waals surface area contributed by atoms with E-state index in [9.17, 15) is 5.11 Å². The molecule has 0 unspecified atom stereocenters. The lowest BCUT2D eigenvalue weighted by Gasteiger charge is -2.44. The summed E-state index contributed by atoms with van der Waals surface area (Å²) < 4.78 is 6.17. The average molecular weight is 325 g/mol. The fourth-order valence-corrected chi connectivity index (χ4v) is 3.93. The summed E-state index contributed by atoms with van der Waals surface area (Å²) in [5.74, 6) is 0.395. The molecule has 3 nitrogen and oxygen atoms in total. The second-order valence-electron chi connectivity index (χ2n) is 7.03. The Hall–Kier alpha value is -1.71. The van der Waals surface area contributed by atoms with Gasteiger partial charge < -0.3 is 9.84 Å². The number of rotatable bonds is 6. The first kappa shape index (κ1) is 17.1. The predicted molar refractivity (Wildman–Crippen MR) is 95.7 cm³/mol. The summed E-state index contributed by atoms with van der Waals surface area (Å²) >= 11 is 0. The van der Waals surface area contributed by atoms with Crippen LogP contribution in [0.3, 0.4) is 0 Å². The second kappa shape index (κ2) is 7.91. The zero-order valence-electron chi connectivity index (χ0n) is 14.4. The monoisotopic (exact) mass is 325 g/mol. The maximum absolute atomic E-state index is 9.53. The highest BCUT2D eigenvalue weighted by Crippen LogP contribution is 2.45. The number of aliphatic hydroxyl groups is 1. The smallest absolute Gasteiger partial charge is 0.0720 e. The van der Waals surface area contributed by atoms with E-state index >= 15 is 0 Å². The van der Waals surface area contributed by atoms with Crippen LogP contribution in [0.2, 0.25) is 0 Å². The summed E-state index contributed by atoms with van der Waals surface area (Å²) in [6.45, 7) is 3.18. The quantitative estimate of drug-likeness (QED) is 0.869. The van der Waals surface area contributed by atoms with Gasteiger partial charge in [-0.2, -0.15) is 0 Å².